The molecule has 102 valence electrons. The van der Waals surface area contributed by atoms with Crippen LogP contribution in [-0.4, -0.2) is 72.5 Å². The fourth-order valence-electron chi connectivity index (χ4n) is 1.91. The fraction of sp³-hybridized carbons (Fsp3) is 1.00. The number of alkyl halides is 3. The summed E-state index contributed by atoms with van der Waals surface area (Å²) in [5.74, 6) is 0. The van der Waals surface area contributed by atoms with Crippen molar-refractivity contribution < 1.29 is 18.3 Å². The molecule has 0 aliphatic carbocycles. The van der Waals surface area contributed by atoms with E-state index in [0.29, 0.717) is 32.7 Å². The van der Waals surface area contributed by atoms with E-state index in [0.717, 1.165) is 0 Å². The molecule has 1 aliphatic rings. The van der Waals surface area contributed by atoms with Gasteiger partial charge < -0.3 is 10.8 Å². The van der Waals surface area contributed by atoms with Crippen LogP contribution in [0.2, 0.25) is 0 Å². The first kappa shape index (κ1) is 14.7. The third-order valence-corrected chi connectivity index (χ3v) is 2.87. The monoisotopic (exact) mass is 255 g/mol. The Balaban J connectivity index is 2.31. The SMILES string of the molecule is CC(O)(CN)CN1CCN(CC(F)(F)F)CC1. The van der Waals surface area contributed by atoms with Gasteiger partial charge in [0.25, 0.3) is 0 Å². The minimum absolute atomic E-state index is 0.149. The summed E-state index contributed by atoms with van der Waals surface area (Å²) in [7, 11) is 0. The van der Waals surface area contributed by atoms with Crippen LogP contribution in [-0.2, 0) is 0 Å². The fourth-order valence-corrected chi connectivity index (χ4v) is 1.91. The number of rotatable bonds is 4. The molecule has 0 spiro atoms. The molecule has 1 unspecified atom stereocenters. The first-order valence-corrected chi connectivity index (χ1v) is 5.66. The number of hydrogen-bond donors (Lipinski definition) is 2. The summed E-state index contributed by atoms with van der Waals surface area (Å²) >= 11 is 0. The Bertz CT molecular complexity index is 237. The molecule has 1 atom stereocenters. The van der Waals surface area contributed by atoms with Crippen molar-refractivity contribution in [1.29, 1.82) is 0 Å². The Morgan fingerprint density at radius 3 is 1.82 bits per heavy atom. The topological polar surface area (TPSA) is 52.7 Å². The van der Waals surface area contributed by atoms with Crippen LogP contribution in [0.5, 0.6) is 0 Å². The van der Waals surface area contributed by atoms with E-state index in [-0.39, 0.29) is 6.54 Å². The van der Waals surface area contributed by atoms with E-state index < -0.39 is 18.3 Å². The molecule has 3 N–H and O–H groups in total. The first-order chi connectivity index (χ1) is 7.72. The molecule has 17 heavy (non-hydrogen) atoms. The Morgan fingerprint density at radius 1 is 1.06 bits per heavy atom. The number of aliphatic hydroxyl groups is 1. The summed E-state index contributed by atoms with van der Waals surface area (Å²) in [5.41, 5.74) is 4.43. The van der Waals surface area contributed by atoms with Gasteiger partial charge in [0, 0.05) is 39.3 Å². The highest BCUT2D eigenvalue weighted by Gasteiger charge is 2.33. The second-order valence-electron chi connectivity index (χ2n) is 4.87. The molecular formula is C10H20F3N3O. The number of halogens is 3. The zero-order valence-electron chi connectivity index (χ0n) is 10.0. The van der Waals surface area contributed by atoms with Gasteiger partial charge in [-0.05, 0) is 6.92 Å². The highest BCUT2D eigenvalue weighted by molar-refractivity contribution is 4.82. The van der Waals surface area contributed by atoms with Gasteiger partial charge in [0.15, 0.2) is 0 Å². The van der Waals surface area contributed by atoms with Gasteiger partial charge in [0.1, 0.15) is 0 Å². The third kappa shape index (κ3) is 5.67. The number of nitrogens with two attached hydrogens (primary N) is 1. The van der Waals surface area contributed by atoms with Crippen molar-refractivity contribution >= 4 is 0 Å². The van der Waals surface area contributed by atoms with Crippen LogP contribution in [0.15, 0.2) is 0 Å². The molecule has 7 heteroatoms. The molecule has 0 radical (unpaired) electrons. The van der Waals surface area contributed by atoms with Gasteiger partial charge in [-0.15, -0.1) is 0 Å². The lowest BCUT2D eigenvalue weighted by molar-refractivity contribution is -0.150. The maximum Gasteiger partial charge on any atom is 0.401 e. The summed E-state index contributed by atoms with van der Waals surface area (Å²) in [6.45, 7) is 3.15. The largest absolute Gasteiger partial charge is 0.401 e. The Labute approximate surface area is 99.2 Å². The summed E-state index contributed by atoms with van der Waals surface area (Å²) in [6, 6.07) is 0. The summed E-state index contributed by atoms with van der Waals surface area (Å²) in [4.78, 5) is 3.33. The van der Waals surface area contributed by atoms with E-state index in [2.05, 4.69) is 0 Å². The van der Waals surface area contributed by atoms with Crippen molar-refractivity contribution in [3.63, 3.8) is 0 Å². The van der Waals surface area contributed by atoms with Gasteiger partial charge in [0.2, 0.25) is 0 Å². The van der Waals surface area contributed by atoms with Gasteiger partial charge >= 0.3 is 6.18 Å². The summed E-state index contributed by atoms with van der Waals surface area (Å²) in [6.07, 6.45) is -4.13. The van der Waals surface area contributed by atoms with E-state index in [1.807, 2.05) is 4.90 Å². The van der Waals surface area contributed by atoms with Crippen LogP contribution in [0.3, 0.4) is 0 Å². The second-order valence-corrected chi connectivity index (χ2v) is 4.87. The maximum atomic E-state index is 12.2. The van der Waals surface area contributed by atoms with Crippen molar-refractivity contribution in [3.8, 4) is 0 Å². The molecule has 1 rings (SSSR count). The zero-order valence-corrected chi connectivity index (χ0v) is 10.0. The van der Waals surface area contributed by atoms with Crippen molar-refractivity contribution in [1.82, 2.24) is 9.80 Å². The molecule has 1 saturated heterocycles. The molecule has 0 aromatic carbocycles. The lowest BCUT2D eigenvalue weighted by atomic mass is 10.1. The van der Waals surface area contributed by atoms with Gasteiger partial charge in [0.05, 0.1) is 12.1 Å². The molecular weight excluding hydrogens is 235 g/mol. The zero-order chi connectivity index (χ0) is 13.1. The second kappa shape index (κ2) is 5.51. The predicted molar refractivity (Wildman–Crippen MR) is 58.6 cm³/mol. The van der Waals surface area contributed by atoms with Crippen LogP contribution in [0.1, 0.15) is 6.92 Å². The van der Waals surface area contributed by atoms with Crippen molar-refractivity contribution in [2.45, 2.75) is 18.7 Å². The molecule has 0 saturated carbocycles. The summed E-state index contributed by atoms with van der Waals surface area (Å²) in [5, 5.41) is 9.77. The smallest absolute Gasteiger partial charge is 0.388 e. The lowest BCUT2D eigenvalue weighted by Crippen LogP contribution is -2.54. The quantitative estimate of drug-likeness (QED) is 0.735. The maximum absolute atomic E-state index is 12.2. The third-order valence-electron chi connectivity index (χ3n) is 2.87. The molecule has 1 aliphatic heterocycles. The van der Waals surface area contributed by atoms with Crippen LogP contribution < -0.4 is 5.73 Å². The van der Waals surface area contributed by atoms with E-state index in [9.17, 15) is 18.3 Å². The number of hydrogen-bond acceptors (Lipinski definition) is 4. The van der Waals surface area contributed by atoms with Gasteiger partial charge in [-0.3, -0.25) is 9.80 Å². The minimum Gasteiger partial charge on any atom is -0.388 e. The molecule has 0 aromatic rings. The molecule has 1 fully saturated rings. The normalized spacial score (nSPS) is 23.6. The summed E-state index contributed by atoms with van der Waals surface area (Å²) < 4.78 is 36.5. The van der Waals surface area contributed by atoms with E-state index >= 15 is 0 Å². The molecule has 1 heterocycles. The highest BCUT2D eigenvalue weighted by atomic mass is 19.4. The Kier molecular flexibility index (Phi) is 4.77. The highest BCUT2D eigenvalue weighted by Crippen LogP contribution is 2.17. The molecule has 0 bridgehead atoms. The van der Waals surface area contributed by atoms with Crippen LogP contribution in [0.4, 0.5) is 13.2 Å². The average molecular weight is 255 g/mol. The van der Waals surface area contributed by atoms with E-state index in [4.69, 9.17) is 5.73 Å². The average Bonchev–Trinajstić information content (AvgIpc) is 2.19. The predicted octanol–water partition coefficient (Wildman–Crippen LogP) is -0.124. The molecule has 0 amide bonds. The van der Waals surface area contributed by atoms with Crippen LogP contribution in [0.25, 0.3) is 0 Å². The van der Waals surface area contributed by atoms with Crippen molar-refractivity contribution in [2.75, 3.05) is 45.8 Å². The minimum atomic E-state index is -4.13. The van der Waals surface area contributed by atoms with E-state index in [1.54, 1.807) is 6.92 Å². The van der Waals surface area contributed by atoms with Gasteiger partial charge in [-0.1, -0.05) is 0 Å². The van der Waals surface area contributed by atoms with Crippen LogP contribution in [0, 0.1) is 0 Å². The number of piperazine rings is 1. The van der Waals surface area contributed by atoms with Gasteiger partial charge in [-0.2, -0.15) is 13.2 Å². The van der Waals surface area contributed by atoms with Gasteiger partial charge in [-0.25, -0.2) is 0 Å². The Hall–Kier alpha value is -0.370. The molecule has 0 aromatic heterocycles. The Morgan fingerprint density at radius 2 is 1.47 bits per heavy atom. The number of nitrogens with zero attached hydrogens (tertiary/aromatic N) is 2. The van der Waals surface area contributed by atoms with Crippen molar-refractivity contribution in [2.24, 2.45) is 5.73 Å². The standard InChI is InChI=1S/C10H20F3N3O/c1-9(17,6-14)7-15-2-4-16(5-3-15)8-10(11,12)13/h17H,2-8,14H2,1H3. The number of β-amino-alcohol motifs (C(OH)–C–C–N with tert-alkyl or cyclic N) is 1. The first-order valence-electron chi connectivity index (χ1n) is 5.66. The molecule has 4 nitrogen and oxygen atoms in total. The lowest BCUT2D eigenvalue weighted by Gasteiger charge is -2.38. The van der Waals surface area contributed by atoms with Crippen LogP contribution >= 0.6 is 0 Å². The van der Waals surface area contributed by atoms with Crippen molar-refractivity contribution in [3.05, 3.63) is 0 Å². The van der Waals surface area contributed by atoms with E-state index in [1.165, 1.54) is 4.90 Å².